The Morgan fingerprint density at radius 1 is 1.39 bits per heavy atom. The highest BCUT2D eigenvalue weighted by Crippen LogP contribution is 2.21. The topological polar surface area (TPSA) is 68.0 Å². The first-order chi connectivity index (χ1) is 8.72. The van der Waals surface area contributed by atoms with E-state index in [-0.39, 0.29) is 11.8 Å². The van der Waals surface area contributed by atoms with E-state index in [1.54, 1.807) is 6.20 Å². The van der Waals surface area contributed by atoms with Crippen LogP contribution in [-0.4, -0.2) is 17.4 Å². The second-order valence-corrected chi connectivity index (χ2v) is 4.35. The van der Waals surface area contributed by atoms with Gasteiger partial charge in [-0.15, -0.1) is 0 Å². The second kappa shape index (κ2) is 5.60. The van der Waals surface area contributed by atoms with Gasteiger partial charge in [0, 0.05) is 17.5 Å². The number of hydrogen-bond acceptors (Lipinski definition) is 3. The van der Waals surface area contributed by atoms with Crippen molar-refractivity contribution in [1.82, 2.24) is 4.98 Å². The number of nitrogens with one attached hydrogen (secondary N) is 1. The molecule has 4 nitrogen and oxygen atoms in total. The average molecular weight is 243 g/mol. The van der Waals surface area contributed by atoms with Gasteiger partial charge in [-0.2, -0.15) is 0 Å². The van der Waals surface area contributed by atoms with Gasteiger partial charge in [0.2, 0.25) is 5.91 Å². The number of fused-ring (bicyclic) bond motifs is 1. The molecule has 0 spiro atoms. The number of hydrogen-bond donors (Lipinski definition) is 2. The predicted molar refractivity (Wildman–Crippen MR) is 73.2 cm³/mol. The molecule has 2 aromatic rings. The first-order valence-electron chi connectivity index (χ1n) is 6.07. The van der Waals surface area contributed by atoms with E-state index < -0.39 is 0 Å². The molecule has 0 saturated carbocycles. The fourth-order valence-electron chi connectivity index (χ4n) is 1.84. The summed E-state index contributed by atoms with van der Waals surface area (Å²) in [6.07, 6.45) is 2.41. The number of nitrogens with zero attached hydrogens (tertiary/aromatic N) is 1. The van der Waals surface area contributed by atoms with Crippen LogP contribution in [0.2, 0.25) is 0 Å². The Hall–Kier alpha value is -1.94. The van der Waals surface area contributed by atoms with Gasteiger partial charge in [-0.25, -0.2) is 0 Å². The van der Waals surface area contributed by atoms with Gasteiger partial charge in [-0.05, 0) is 25.1 Å². The molecule has 0 aliphatic heterocycles. The van der Waals surface area contributed by atoms with E-state index in [0.717, 1.165) is 16.6 Å². The molecule has 4 heteroatoms. The third-order valence-corrected chi connectivity index (χ3v) is 2.94. The molecule has 0 aliphatic rings. The predicted octanol–water partition coefficient (Wildman–Crippen LogP) is 2.16. The fraction of sp³-hybridized carbons (Fsp3) is 0.286. The molecule has 0 saturated heterocycles. The highest BCUT2D eigenvalue weighted by atomic mass is 16.1. The third kappa shape index (κ3) is 2.65. The monoisotopic (exact) mass is 243 g/mol. The molecule has 1 aromatic heterocycles. The van der Waals surface area contributed by atoms with Crippen molar-refractivity contribution in [2.45, 2.75) is 13.3 Å². The molecule has 1 unspecified atom stereocenters. The Balaban J connectivity index is 2.24. The number of benzene rings is 1. The second-order valence-electron chi connectivity index (χ2n) is 4.35. The smallest absolute Gasteiger partial charge is 0.227 e. The van der Waals surface area contributed by atoms with E-state index in [0.29, 0.717) is 13.0 Å². The number of rotatable bonds is 4. The molecule has 0 fully saturated rings. The van der Waals surface area contributed by atoms with Gasteiger partial charge < -0.3 is 11.1 Å². The number of aromatic nitrogens is 1. The lowest BCUT2D eigenvalue weighted by molar-refractivity contribution is -0.119. The summed E-state index contributed by atoms with van der Waals surface area (Å²) >= 11 is 0. The third-order valence-electron chi connectivity index (χ3n) is 2.94. The zero-order valence-electron chi connectivity index (χ0n) is 10.4. The number of carbonyl (C=O) groups excluding carboxylic acids is 1. The molecule has 1 atom stereocenters. The van der Waals surface area contributed by atoms with Gasteiger partial charge in [0.25, 0.3) is 0 Å². The highest BCUT2D eigenvalue weighted by Gasteiger charge is 2.13. The molecule has 1 amide bonds. The van der Waals surface area contributed by atoms with Crippen LogP contribution in [0.15, 0.2) is 36.5 Å². The zero-order valence-corrected chi connectivity index (χ0v) is 10.4. The SMILES string of the molecule is CC(CCN)C(=O)Nc1cccc2cccnc12. The van der Waals surface area contributed by atoms with Gasteiger partial charge in [0.1, 0.15) is 0 Å². The van der Waals surface area contributed by atoms with Crippen LogP contribution in [0.25, 0.3) is 10.9 Å². The highest BCUT2D eigenvalue weighted by molar-refractivity contribution is 6.00. The quantitative estimate of drug-likeness (QED) is 0.864. The minimum Gasteiger partial charge on any atom is -0.330 e. The summed E-state index contributed by atoms with van der Waals surface area (Å²) in [7, 11) is 0. The molecule has 0 aliphatic carbocycles. The number of amides is 1. The van der Waals surface area contributed by atoms with Gasteiger partial charge >= 0.3 is 0 Å². The van der Waals surface area contributed by atoms with E-state index in [4.69, 9.17) is 5.73 Å². The van der Waals surface area contributed by atoms with Crippen LogP contribution in [-0.2, 0) is 4.79 Å². The van der Waals surface area contributed by atoms with Crippen molar-refractivity contribution in [3.63, 3.8) is 0 Å². The zero-order chi connectivity index (χ0) is 13.0. The number of para-hydroxylation sites is 1. The van der Waals surface area contributed by atoms with Crippen molar-refractivity contribution >= 4 is 22.5 Å². The van der Waals surface area contributed by atoms with E-state index in [1.807, 2.05) is 37.3 Å². The Bertz CT molecular complexity index is 548. The van der Waals surface area contributed by atoms with Crippen LogP contribution >= 0.6 is 0 Å². The molecular formula is C14H17N3O. The van der Waals surface area contributed by atoms with E-state index in [9.17, 15) is 4.79 Å². The minimum atomic E-state index is -0.0889. The summed E-state index contributed by atoms with van der Waals surface area (Å²) in [4.78, 5) is 16.3. The van der Waals surface area contributed by atoms with Gasteiger partial charge in [-0.1, -0.05) is 25.1 Å². The Morgan fingerprint density at radius 2 is 2.17 bits per heavy atom. The summed E-state index contributed by atoms with van der Waals surface area (Å²) in [5.74, 6) is -0.104. The molecule has 0 bridgehead atoms. The first-order valence-corrected chi connectivity index (χ1v) is 6.07. The van der Waals surface area contributed by atoms with Gasteiger partial charge in [-0.3, -0.25) is 9.78 Å². The fourth-order valence-corrected chi connectivity index (χ4v) is 1.84. The Kier molecular flexibility index (Phi) is 3.89. The van der Waals surface area contributed by atoms with Crippen LogP contribution in [0.1, 0.15) is 13.3 Å². The summed E-state index contributed by atoms with van der Waals surface area (Å²) in [6, 6.07) is 9.60. The van der Waals surface area contributed by atoms with E-state index in [1.165, 1.54) is 0 Å². The van der Waals surface area contributed by atoms with Crippen molar-refractivity contribution in [3.8, 4) is 0 Å². The molecule has 0 radical (unpaired) electrons. The van der Waals surface area contributed by atoms with Crippen molar-refractivity contribution in [1.29, 1.82) is 0 Å². The summed E-state index contributed by atoms with van der Waals surface area (Å²) < 4.78 is 0. The molecule has 18 heavy (non-hydrogen) atoms. The normalized spacial score (nSPS) is 12.3. The van der Waals surface area contributed by atoms with Gasteiger partial charge in [0.15, 0.2) is 0 Å². The molecule has 3 N–H and O–H groups in total. The van der Waals surface area contributed by atoms with Crippen molar-refractivity contribution < 1.29 is 4.79 Å². The lowest BCUT2D eigenvalue weighted by Gasteiger charge is -2.12. The largest absolute Gasteiger partial charge is 0.330 e. The molecule has 94 valence electrons. The van der Waals surface area contributed by atoms with Crippen LogP contribution < -0.4 is 11.1 Å². The van der Waals surface area contributed by atoms with Crippen LogP contribution in [0.3, 0.4) is 0 Å². The summed E-state index contributed by atoms with van der Waals surface area (Å²) in [6.45, 7) is 2.39. The maximum Gasteiger partial charge on any atom is 0.227 e. The van der Waals surface area contributed by atoms with Crippen molar-refractivity contribution in [2.75, 3.05) is 11.9 Å². The number of anilines is 1. The lowest BCUT2D eigenvalue weighted by atomic mass is 10.1. The van der Waals surface area contributed by atoms with Crippen LogP contribution in [0.5, 0.6) is 0 Å². The van der Waals surface area contributed by atoms with E-state index in [2.05, 4.69) is 10.3 Å². The van der Waals surface area contributed by atoms with Crippen molar-refractivity contribution in [2.24, 2.45) is 11.7 Å². The number of carbonyl (C=O) groups is 1. The Morgan fingerprint density at radius 3 is 2.94 bits per heavy atom. The van der Waals surface area contributed by atoms with Gasteiger partial charge in [0.05, 0.1) is 11.2 Å². The van der Waals surface area contributed by atoms with E-state index >= 15 is 0 Å². The lowest BCUT2D eigenvalue weighted by Crippen LogP contribution is -2.22. The summed E-state index contributed by atoms with van der Waals surface area (Å²) in [5.41, 5.74) is 7.02. The van der Waals surface area contributed by atoms with Crippen LogP contribution in [0, 0.1) is 5.92 Å². The maximum atomic E-state index is 12.0. The number of pyridine rings is 1. The first kappa shape index (κ1) is 12.5. The number of nitrogens with two attached hydrogens (primary N) is 1. The molecule has 2 rings (SSSR count). The van der Waals surface area contributed by atoms with Crippen LogP contribution in [0.4, 0.5) is 5.69 Å². The van der Waals surface area contributed by atoms with Crippen molar-refractivity contribution in [3.05, 3.63) is 36.5 Å². The average Bonchev–Trinajstić information content (AvgIpc) is 2.39. The standard InChI is InChI=1S/C14H17N3O/c1-10(7-8-15)14(18)17-12-6-2-4-11-5-3-9-16-13(11)12/h2-6,9-10H,7-8,15H2,1H3,(H,17,18). The minimum absolute atomic E-state index is 0.0152. The Labute approximate surface area is 106 Å². The summed E-state index contributed by atoms with van der Waals surface area (Å²) in [5, 5.41) is 3.93. The molecule has 1 aromatic carbocycles. The molecule has 1 heterocycles. The maximum absolute atomic E-state index is 12.0. The molecular weight excluding hydrogens is 226 g/mol.